The molecule has 1 saturated heterocycles. The molecule has 4 rings (SSSR count). The normalized spacial score (nSPS) is 16.6. The van der Waals surface area contributed by atoms with Crippen molar-refractivity contribution in [3.63, 3.8) is 0 Å². The molecule has 1 unspecified atom stereocenters. The largest absolute Gasteiger partial charge is 0.487 e. The van der Waals surface area contributed by atoms with E-state index in [1.165, 1.54) is 5.56 Å². The summed E-state index contributed by atoms with van der Waals surface area (Å²) in [6, 6.07) is 14.2. The molecule has 0 spiro atoms. The highest BCUT2D eigenvalue weighted by molar-refractivity contribution is 7.98. The van der Waals surface area contributed by atoms with Crippen LogP contribution >= 0.6 is 11.8 Å². The number of thioether (sulfide) groups is 1. The molecule has 0 aliphatic carbocycles. The minimum atomic E-state index is 0.154. The summed E-state index contributed by atoms with van der Waals surface area (Å²) < 4.78 is 6.01. The highest BCUT2D eigenvalue weighted by Crippen LogP contribution is 2.25. The Labute approximate surface area is 157 Å². The lowest BCUT2D eigenvalue weighted by atomic mass is 10.2. The fourth-order valence-electron chi connectivity index (χ4n) is 2.93. The summed E-state index contributed by atoms with van der Waals surface area (Å²) in [5, 5.41) is 0.947. The third-order valence-corrected chi connectivity index (χ3v) is 5.21. The van der Waals surface area contributed by atoms with Gasteiger partial charge in [-0.15, -0.1) is 11.8 Å². The molecule has 1 aromatic carbocycles. The number of ether oxygens (including phenoxy) is 1. The second-order valence-electron chi connectivity index (χ2n) is 6.15. The van der Waals surface area contributed by atoms with Crippen LogP contribution in [-0.4, -0.2) is 34.1 Å². The molecule has 0 N–H and O–H groups in total. The van der Waals surface area contributed by atoms with Crippen molar-refractivity contribution in [3.05, 3.63) is 72.8 Å². The zero-order valence-corrected chi connectivity index (χ0v) is 15.2. The van der Waals surface area contributed by atoms with Crippen molar-refractivity contribution >= 4 is 17.6 Å². The Morgan fingerprint density at radius 2 is 1.96 bits per heavy atom. The zero-order valence-electron chi connectivity index (χ0n) is 14.4. The van der Waals surface area contributed by atoms with Gasteiger partial charge in [-0.1, -0.05) is 30.3 Å². The van der Waals surface area contributed by atoms with Crippen molar-refractivity contribution in [2.24, 2.45) is 0 Å². The Balaban J connectivity index is 1.36. The van der Waals surface area contributed by atoms with Gasteiger partial charge in [0.2, 0.25) is 0 Å². The van der Waals surface area contributed by atoms with Crippen molar-refractivity contribution < 1.29 is 4.74 Å². The molecule has 1 fully saturated rings. The standard InChI is InChI=1S/C20H20N4OS/c1-2-5-16(6-3-1)15-26-20-13-22-12-19(23-20)24-10-8-18(14-24)25-17-7-4-9-21-11-17/h1-7,9,11-13,18H,8,10,14-15H2. The molecule has 6 heteroatoms. The van der Waals surface area contributed by atoms with E-state index in [2.05, 4.69) is 39.1 Å². The van der Waals surface area contributed by atoms with Crippen molar-refractivity contribution in [2.75, 3.05) is 18.0 Å². The molecular formula is C20H20N4OS. The van der Waals surface area contributed by atoms with Crippen LogP contribution in [0.25, 0.3) is 0 Å². The summed E-state index contributed by atoms with van der Waals surface area (Å²) in [5.74, 6) is 2.63. The van der Waals surface area contributed by atoms with Crippen LogP contribution in [0.15, 0.2) is 72.3 Å². The summed E-state index contributed by atoms with van der Waals surface area (Å²) in [4.78, 5) is 15.5. The highest BCUT2D eigenvalue weighted by Gasteiger charge is 2.25. The average Bonchev–Trinajstić information content (AvgIpc) is 3.17. The Kier molecular flexibility index (Phi) is 5.30. The van der Waals surface area contributed by atoms with E-state index in [1.54, 1.807) is 24.2 Å². The summed E-state index contributed by atoms with van der Waals surface area (Å²) in [7, 11) is 0. The Hall–Kier alpha value is -2.60. The minimum Gasteiger partial charge on any atom is -0.487 e. The molecule has 0 bridgehead atoms. The van der Waals surface area contributed by atoms with Gasteiger partial charge in [-0.05, 0) is 17.7 Å². The lowest BCUT2D eigenvalue weighted by Gasteiger charge is -2.18. The maximum absolute atomic E-state index is 6.01. The number of pyridine rings is 1. The van der Waals surface area contributed by atoms with Gasteiger partial charge >= 0.3 is 0 Å². The predicted octanol–water partition coefficient (Wildman–Crippen LogP) is 3.82. The third-order valence-electron chi connectivity index (χ3n) is 4.24. The number of aromatic nitrogens is 3. The van der Waals surface area contributed by atoms with Crippen LogP contribution < -0.4 is 9.64 Å². The van der Waals surface area contributed by atoms with E-state index >= 15 is 0 Å². The van der Waals surface area contributed by atoms with Gasteiger partial charge in [-0.25, -0.2) is 4.98 Å². The lowest BCUT2D eigenvalue weighted by molar-refractivity contribution is 0.224. The van der Waals surface area contributed by atoms with Gasteiger partial charge in [0.25, 0.3) is 0 Å². The van der Waals surface area contributed by atoms with Crippen molar-refractivity contribution in [2.45, 2.75) is 23.3 Å². The Morgan fingerprint density at radius 1 is 1.04 bits per heavy atom. The van der Waals surface area contributed by atoms with Crippen LogP contribution in [-0.2, 0) is 5.75 Å². The fourth-order valence-corrected chi connectivity index (χ4v) is 3.73. The number of hydrogen-bond acceptors (Lipinski definition) is 6. The van der Waals surface area contributed by atoms with E-state index in [9.17, 15) is 0 Å². The van der Waals surface area contributed by atoms with Gasteiger partial charge in [0.15, 0.2) is 0 Å². The highest BCUT2D eigenvalue weighted by atomic mass is 32.2. The molecule has 132 valence electrons. The Morgan fingerprint density at radius 3 is 2.81 bits per heavy atom. The number of rotatable bonds is 6. The quantitative estimate of drug-likeness (QED) is 0.620. The molecule has 0 saturated carbocycles. The van der Waals surface area contributed by atoms with Crippen LogP contribution in [0.3, 0.4) is 0 Å². The van der Waals surface area contributed by atoms with E-state index in [1.807, 2.05) is 30.6 Å². The van der Waals surface area contributed by atoms with Gasteiger partial charge in [0.1, 0.15) is 22.7 Å². The van der Waals surface area contributed by atoms with Gasteiger partial charge < -0.3 is 9.64 Å². The molecule has 1 aliphatic heterocycles. The third kappa shape index (κ3) is 4.32. The summed E-state index contributed by atoms with van der Waals surface area (Å²) in [6.45, 7) is 1.74. The zero-order chi connectivity index (χ0) is 17.6. The summed E-state index contributed by atoms with van der Waals surface area (Å²) in [5.41, 5.74) is 1.29. The van der Waals surface area contributed by atoms with Gasteiger partial charge in [-0.3, -0.25) is 9.97 Å². The maximum Gasteiger partial charge on any atom is 0.148 e. The Bertz CT molecular complexity index is 831. The predicted molar refractivity (Wildman–Crippen MR) is 104 cm³/mol. The number of hydrogen-bond donors (Lipinski definition) is 0. The number of nitrogens with zero attached hydrogens (tertiary/aromatic N) is 4. The smallest absolute Gasteiger partial charge is 0.148 e. The number of anilines is 1. The summed E-state index contributed by atoms with van der Waals surface area (Å²) in [6.07, 6.45) is 8.29. The molecule has 3 aromatic rings. The van der Waals surface area contributed by atoms with Crippen LogP contribution in [0.2, 0.25) is 0 Å². The van der Waals surface area contributed by atoms with Crippen LogP contribution in [0, 0.1) is 0 Å². The first kappa shape index (κ1) is 16.8. The maximum atomic E-state index is 6.01. The van der Waals surface area contributed by atoms with E-state index in [4.69, 9.17) is 9.72 Å². The first-order chi connectivity index (χ1) is 12.9. The molecule has 1 atom stereocenters. The summed E-state index contributed by atoms with van der Waals surface area (Å²) >= 11 is 1.71. The van der Waals surface area contributed by atoms with Crippen LogP contribution in [0.5, 0.6) is 5.75 Å². The molecule has 0 radical (unpaired) electrons. The van der Waals surface area contributed by atoms with E-state index in [-0.39, 0.29) is 6.10 Å². The molecular weight excluding hydrogens is 344 g/mol. The monoisotopic (exact) mass is 364 g/mol. The number of benzene rings is 1. The first-order valence-corrected chi connectivity index (χ1v) is 9.66. The lowest BCUT2D eigenvalue weighted by Crippen LogP contribution is -2.25. The molecule has 3 heterocycles. The first-order valence-electron chi connectivity index (χ1n) is 8.67. The minimum absolute atomic E-state index is 0.154. The van der Waals surface area contributed by atoms with Gasteiger partial charge in [-0.2, -0.15) is 0 Å². The van der Waals surface area contributed by atoms with Crippen molar-refractivity contribution in [1.82, 2.24) is 15.0 Å². The topological polar surface area (TPSA) is 51.1 Å². The molecule has 2 aromatic heterocycles. The SMILES string of the molecule is c1ccc(CSc2cncc(N3CCC(Oc4cccnc4)C3)n2)cc1. The molecule has 5 nitrogen and oxygen atoms in total. The van der Waals surface area contributed by atoms with E-state index in [0.29, 0.717) is 0 Å². The van der Waals surface area contributed by atoms with Crippen LogP contribution in [0.4, 0.5) is 5.82 Å². The van der Waals surface area contributed by atoms with Gasteiger partial charge in [0, 0.05) is 24.9 Å². The molecule has 0 amide bonds. The van der Waals surface area contributed by atoms with Gasteiger partial charge in [0.05, 0.1) is 25.1 Å². The van der Waals surface area contributed by atoms with Crippen molar-refractivity contribution in [1.29, 1.82) is 0 Å². The second-order valence-corrected chi connectivity index (χ2v) is 7.15. The van der Waals surface area contributed by atoms with Crippen LogP contribution in [0.1, 0.15) is 12.0 Å². The fraction of sp³-hybridized carbons (Fsp3) is 0.250. The van der Waals surface area contributed by atoms with E-state index < -0.39 is 0 Å². The van der Waals surface area contributed by atoms with E-state index in [0.717, 1.165) is 41.9 Å². The average molecular weight is 364 g/mol. The molecule has 26 heavy (non-hydrogen) atoms. The van der Waals surface area contributed by atoms with Crippen molar-refractivity contribution in [3.8, 4) is 5.75 Å². The molecule has 1 aliphatic rings. The second kappa shape index (κ2) is 8.19.